The quantitative estimate of drug-likeness (QED) is 0.776. The summed E-state index contributed by atoms with van der Waals surface area (Å²) in [5.41, 5.74) is -0.296. The van der Waals surface area contributed by atoms with Crippen LogP contribution in [-0.2, 0) is 15.7 Å². The topological polar surface area (TPSA) is 58.6 Å². The van der Waals surface area contributed by atoms with Crippen molar-refractivity contribution < 1.29 is 27.5 Å². The number of alkyl halides is 3. The Morgan fingerprint density at radius 2 is 1.70 bits per heavy atom. The molecule has 1 rings (SSSR count). The third-order valence-corrected chi connectivity index (χ3v) is 3.47. The van der Waals surface area contributed by atoms with Crippen LogP contribution in [-0.4, -0.2) is 42.6 Å². The van der Waals surface area contributed by atoms with Crippen LogP contribution in [0.2, 0.25) is 0 Å². The van der Waals surface area contributed by atoms with Crippen LogP contribution in [0.1, 0.15) is 38.8 Å². The fourth-order valence-electron chi connectivity index (χ4n) is 2.03. The first-order valence-electron chi connectivity index (χ1n) is 8.37. The summed E-state index contributed by atoms with van der Waals surface area (Å²) in [5.74, 6) is -0.398. The van der Waals surface area contributed by atoms with Crippen molar-refractivity contribution in [2.45, 2.75) is 39.5 Å². The van der Waals surface area contributed by atoms with Crippen molar-refractivity contribution in [1.82, 2.24) is 10.2 Å². The number of halogens is 3. The summed E-state index contributed by atoms with van der Waals surface area (Å²) in [6.07, 6.45) is -3.59. The summed E-state index contributed by atoms with van der Waals surface area (Å²) in [6.45, 7) is 7.38. The summed E-state index contributed by atoms with van der Waals surface area (Å²) in [4.78, 5) is 25.1. The standard InChI is InChI=1S/C19H25F3N2O3/c1-13(14-6-8-15(9-7-14)19(20,21)22)12-16(25)23-10-11-24(5)17(26)27-18(2,3)4/h6-9,12H,10-11H2,1-5H3,(H,23,25). The first kappa shape index (κ1) is 22.5. The number of carbonyl (C=O) groups excluding carboxylic acids is 2. The molecule has 0 atom stereocenters. The van der Waals surface area contributed by atoms with Crippen molar-refractivity contribution in [3.8, 4) is 0 Å². The Hall–Kier alpha value is -2.51. The number of benzene rings is 1. The largest absolute Gasteiger partial charge is 0.444 e. The predicted molar refractivity (Wildman–Crippen MR) is 97.0 cm³/mol. The number of ether oxygens (including phenoxy) is 1. The molecule has 2 amide bonds. The second kappa shape index (κ2) is 8.92. The van der Waals surface area contributed by atoms with Gasteiger partial charge in [-0.3, -0.25) is 4.79 Å². The third kappa shape index (κ3) is 8.15. The van der Waals surface area contributed by atoms with Crippen LogP contribution in [0.4, 0.5) is 18.0 Å². The number of rotatable bonds is 5. The molecule has 150 valence electrons. The Morgan fingerprint density at radius 3 is 2.19 bits per heavy atom. The summed E-state index contributed by atoms with van der Waals surface area (Å²) in [5, 5.41) is 2.62. The lowest BCUT2D eigenvalue weighted by Crippen LogP contribution is -2.38. The van der Waals surface area contributed by atoms with Crippen LogP contribution < -0.4 is 5.32 Å². The molecule has 5 nitrogen and oxygen atoms in total. The molecule has 0 aromatic heterocycles. The second-order valence-electron chi connectivity index (χ2n) is 7.10. The molecule has 1 aromatic carbocycles. The lowest BCUT2D eigenvalue weighted by atomic mass is 10.0. The van der Waals surface area contributed by atoms with Crippen LogP contribution in [0.15, 0.2) is 30.3 Å². The van der Waals surface area contributed by atoms with Crippen LogP contribution in [0, 0.1) is 0 Å². The second-order valence-corrected chi connectivity index (χ2v) is 7.10. The maximum atomic E-state index is 12.6. The fraction of sp³-hybridized carbons (Fsp3) is 0.474. The van der Waals surface area contributed by atoms with Gasteiger partial charge in [0.25, 0.3) is 0 Å². The molecule has 8 heteroatoms. The molecule has 0 aliphatic heterocycles. The fourth-order valence-corrected chi connectivity index (χ4v) is 2.03. The lowest BCUT2D eigenvalue weighted by molar-refractivity contribution is -0.137. The van der Waals surface area contributed by atoms with Crippen molar-refractivity contribution in [3.63, 3.8) is 0 Å². The first-order chi connectivity index (χ1) is 12.3. The smallest absolute Gasteiger partial charge is 0.416 e. The van der Waals surface area contributed by atoms with Gasteiger partial charge in [0.15, 0.2) is 0 Å². The van der Waals surface area contributed by atoms with E-state index in [1.807, 2.05) is 0 Å². The molecular formula is C19H25F3N2O3. The van der Waals surface area contributed by atoms with E-state index in [1.54, 1.807) is 34.7 Å². The molecule has 27 heavy (non-hydrogen) atoms. The average Bonchev–Trinajstić information content (AvgIpc) is 2.52. The Morgan fingerprint density at radius 1 is 1.15 bits per heavy atom. The predicted octanol–water partition coefficient (Wildman–Crippen LogP) is 4.09. The molecule has 0 saturated carbocycles. The van der Waals surface area contributed by atoms with Gasteiger partial charge in [0.2, 0.25) is 5.91 Å². The minimum atomic E-state index is -4.40. The minimum absolute atomic E-state index is 0.214. The molecule has 0 spiro atoms. The number of hydrogen-bond acceptors (Lipinski definition) is 3. The van der Waals surface area contributed by atoms with Crippen molar-refractivity contribution in [1.29, 1.82) is 0 Å². The molecule has 0 radical (unpaired) electrons. The van der Waals surface area contributed by atoms with Crippen molar-refractivity contribution in [3.05, 3.63) is 41.5 Å². The van der Waals surface area contributed by atoms with Crippen LogP contribution >= 0.6 is 0 Å². The van der Waals surface area contributed by atoms with Gasteiger partial charge in [0.1, 0.15) is 5.60 Å². The Balaban J connectivity index is 2.54. The zero-order valence-electron chi connectivity index (χ0n) is 16.1. The van der Waals surface area contributed by atoms with Crippen molar-refractivity contribution in [2.24, 2.45) is 0 Å². The molecule has 0 saturated heterocycles. The van der Waals surface area contributed by atoms with Crippen LogP contribution in [0.25, 0.3) is 5.57 Å². The Labute approximate surface area is 157 Å². The van der Waals surface area contributed by atoms with Crippen LogP contribution in [0.5, 0.6) is 0 Å². The van der Waals surface area contributed by atoms with E-state index < -0.39 is 29.3 Å². The van der Waals surface area contributed by atoms with E-state index in [-0.39, 0.29) is 13.1 Å². The SMILES string of the molecule is CC(=CC(=O)NCCN(C)C(=O)OC(C)(C)C)c1ccc(C(F)(F)F)cc1. The van der Waals surface area contributed by atoms with E-state index in [9.17, 15) is 22.8 Å². The normalized spacial score (nSPS) is 12.5. The number of nitrogens with one attached hydrogen (secondary N) is 1. The molecule has 0 bridgehead atoms. The maximum absolute atomic E-state index is 12.6. The number of likely N-dealkylation sites (N-methyl/N-ethyl adjacent to an activating group) is 1. The minimum Gasteiger partial charge on any atom is -0.444 e. The highest BCUT2D eigenvalue weighted by molar-refractivity contribution is 5.94. The number of carbonyl (C=O) groups is 2. The van der Waals surface area contributed by atoms with Gasteiger partial charge in [0, 0.05) is 26.2 Å². The number of hydrogen-bond donors (Lipinski definition) is 1. The molecule has 1 aromatic rings. The molecule has 0 aliphatic rings. The van der Waals surface area contributed by atoms with Gasteiger partial charge >= 0.3 is 12.3 Å². The summed E-state index contributed by atoms with van der Waals surface area (Å²) >= 11 is 0. The van der Waals surface area contributed by atoms with E-state index >= 15 is 0 Å². The van der Waals surface area contributed by atoms with Gasteiger partial charge in [-0.1, -0.05) is 12.1 Å². The van der Waals surface area contributed by atoms with E-state index in [1.165, 1.54) is 23.1 Å². The van der Waals surface area contributed by atoms with Crippen LogP contribution in [0.3, 0.4) is 0 Å². The lowest BCUT2D eigenvalue weighted by Gasteiger charge is -2.24. The zero-order chi connectivity index (χ0) is 20.8. The van der Waals surface area contributed by atoms with Gasteiger partial charge < -0.3 is 15.0 Å². The molecule has 1 N–H and O–H groups in total. The van der Waals surface area contributed by atoms with E-state index in [2.05, 4.69) is 5.32 Å². The summed E-state index contributed by atoms with van der Waals surface area (Å²) in [7, 11) is 1.56. The van der Waals surface area contributed by atoms with Gasteiger partial charge in [-0.15, -0.1) is 0 Å². The maximum Gasteiger partial charge on any atom is 0.416 e. The number of amides is 2. The van der Waals surface area contributed by atoms with Gasteiger partial charge in [-0.2, -0.15) is 13.2 Å². The molecule has 0 fully saturated rings. The van der Waals surface area contributed by atoms with E-state index in [0.29, 0.717) is 11.1 Å². The van der Waals surface area contributed by atoms with E-state index in [0.717, 1.165) is 12.1 Å². The summed E-state index contributed by atoms with van der Waals surface area (Å²) < 4.78 is 42.9. The first-order valence-corrected chi connectivity index (χ1v) is 8.37. The molecule has 0 unspecified atom stereocenters. The highest BCUT2D eigenvalue weighted by Crippen LogP contribution is 2.29. The van der Waals surface area contributed by atoms with Gasteiger partial charge in [-0.05, 0) is 51.0 Å². The Bertz CT molecular complexity index is 690. The average molecular weight is 386 g/mol. The van der Waals surface area contributed by atoms with E-state index in [4.69, 9.17) is 4.74 Å². The van der Waals surface area contributed by atoms with Crippen molar-refractivity contribution >= 4 is 17.6 Å². The van der Waals surface area contributed by atoms with Crippen molar-refractivity contribution in [2.75, 3.05) is 20.1 Å². The number of allylic oxidation sites excluding steroid dienone is 1. The highest BCUT2D eigenvalue weighted by Gasteiger charge is 2.29. The monoisotopic (exact) mass is 386 g/mol. The molecular weight excluding hydrogens is 361 g/mol. The summed E-state index contributed by atoms with van der Waals surface area (Å²) in [6, 6.07) is 4.58. The third-order valence-electron chi connectivity index (χ3n) is 3.47. The van der Waals surface area contributed by atoms with Gasteiger partial charge in [0.05, 0.1) is 5.56 Å². The Kier molecular flexibility index (Phi) is 7.45. The molecule has 0 aliphatic carbocycles. The number of nitrogens with zero attached hydrogens (tertiary/aromatic N) is 1. The zero-order valence-corrected chi connectivity index (χ0v) is 16.1. The highest BCUT2D eigenvalue weighted by atomic mass is 19.4. The van der Waals surface area contributed by atoms with Gasteiger partial charge in [-0.25, -0.2) is 4.79 Å². The molecule has 0 heterocycles.